The number of benzene rings is 1. The molecule has 0 unspecified atom stereocenters. The molecule has 1 rings (SSSR count). The predicted octanol–water partition coefficient (Wildman–Crippen LogP) is 1.68. The van der Waals surface area contributed by atoms with Crippen LogP contribution < -0.4 is 9.47 Å². The summed E-state index contributed by atoms with van der Waals surface area (Å²) in [4.78, 5) is 0. The SMILES string of the molecule is COC(=N)c1cccc(OC)c1OC. The number of rotatable bonds is 3. The molecule has 0 aliphatic carbocycles. The molecule has 1 N–H and O–H groups in total. The van der Waals surface area contributed by atoms with Gasteiger partial charge in [-0.05, 0) is 12.1 Å². The minimum Gasteiger partial charge on any atom is -0.493 e. The third-order valence-electron chi connectivity index (χ3n) is 1.85. The maximum atomic E-state index is 7.54. The Kier molecular flexibility index (Phi) is 3.34. The lowest BCUT2D eigenvalue weighted by Gasteiger charge is -2.11. The number of methoxy groups -OCH3 is 3. The lowest BCUT2D eigenvalue weighted by Crippen LogP contribution is -2.05. The standard InChI is InChI=1S/C10H13NO3/c1-12-8-6-4-5-7(9(8)13-2)10(11)14-3/h4-6,11H,1-3H3. The van der Waals surface area contributed by atoms with Gasteiger partial charge in [0.25, 0.3) is 0 Å². The minimum atomic E-state index is 0.0563. The van der Waals surface area contributed by atoms with E-state index in [1.165, 1.54) is 14.2 Å². The van der Waals surface area contributed by atoms with E-state index in [-0.39, 0.29) is 5.90 Å². The molecule has 0 atom stereocenters. The Morgan fingerprint density at radius 3 is 2.36 bits per heavy atom. The minimum absolute atomic E-state index is 0.0563. The fourth-order valence-electron chi connectivity index (χ4n) is 1.18. The van der Waals surface area contributed by atoms with Gasteiger partial charge in [0.1, 0.15) is 0 Å². The lowest BCUT2D eigenvalue weighted by molar-refractivity contribution is 0.349. The molecule has 14 heavy (non-hydrogen) atoms. The molecule has 76 valence electrons. The maximum Gasteiger partial charge on any atom is 0.216 e. The molecule has 0 bridgehead atoms. The van der Waals surface area contributed by atoms with Gasteiger partial charge in [0.2, 0.25) is 5.90 Å². The quantitative estimate of drug-likeness (QED) is 0.589. The molecule has 0 aliphatic rings. The van der Waals surface area contributed by atoms with Crippen LogP contribution in [0.1, 0.15) is 5.56 Å². The van der Waals surface area contributed by atoms with E-state index in [0.717, 1.165) is 0 Å². The van der Waals surface area contributed by atoms with Gasteiger partial charge in [-0.1, -0.05) is 6.07 Å². The van der Waals surface area contributed by atoms with Crippen LogP contribution in [0.5, 0.6) is 11.5 Å². The van der Waals surface area contributed by atoms with E-state index < -0.39 is 0 Å². The van der Waals surface area contributed by atoms with Crippen LogP contribution in [0.2, 0.25) is 0 Å². The summed E-state index contributed by atoms with van der Waals surface area (Å²) in [6, 6.07) is 5.29. The van der Waals surface area contributed by atoms with Crippen LogP contribution in [-0.2, 0) is 4.74 Å². The third kappa shape index (κ3) is 1.79. The predicted molar refractivity (Wildman–Crippen MR) is 53.4 cm³/mol. The molecule has 0 heterocycles. The van der Waals surface area contributed by atoms with Crippen molar-refractivity contribution in [3.05, 3.63) is 23.8 Å². The second kappa shape index (κ2) is 4.50. The zero-order valence-electron chi connectivity index (χ0n) is 8.46. The molecular formula is C10H13NO3. The summed E-state index contributed by atoms with van der Waals surface area (Å²) in [6.45, 7) is 0. The summed E-state index contributed by atoms with van der Waals surface area (Å²) in [6.07, 6.45) is 0. The highest BCUT2D eigenvalue weighted by molar-refractivity contribution is 5.95. The van der Waals surface area contributed by atoms with Crippen LogP contribution in [-0.4, -0.2) is 27.2 Å². The van der Waals surface area contributed by atoms with Gasteiger partial charge in [-0.25, -0.2) is 0 Å². The van der Waals surface area contributed by atoms with Crippen LogP contribution in [0.4, 0.5) is 0 Å². The Labute approximate surface area is 82.9 Å². The summed E-state index contributed by atoms with van der Waals surface area (Å²) in [5.41, 5.74) is 0.578. The highest BCUT2D eigenvalue weighted by Gasteiger charge is 2.13. The van der Waals surface area contributed by atoms with Crippen molar-refractivity contribution in [1.82, 2.24) is 0 Å². The second-order valence-electron chi connectivity index (χ2n) is 2.57. The number of para-hydroxylation sites is 1. The Hall–Kier alpha value is -1.71. The van der Waals surface area contributed by atoms with E-state index in [1.807, 2.05) is 0 Å². The monoisotopic (exact) mass is 195 g/mol. The first kappa shape index (κ1) is 10.4. The molecule has 0 aliphatic heterocycles. The average molecular weight is 195 g/mol. The molecule has 0 amide bonds. The van der Waals surface area contributed by atoms with Gasteiger partial charge in [-0.15, -0.1) is 0 Å². The molecule has 0 saturated heterocycles. The molecule has 0 aromatic heterocycles. The van der Waals surface area contributed by atoms with Crippen molar-refractivity contribution in [2.45, 2.75) is 0 Å². The van der Waals surface area contributed by atoms with Crippen LogP contribution in [0.3, 0.4) is 0 Å². The highest BCUT2D eigenvalue weighted by atomic mass is 16.5. The fourth-order valence-corrected chi connectivity index (χ4v) is 1.18. The van der Waals surface area contributed by atoms with Crippen LogP contribution in [0.25, 0.3) is 0 Å². The van der Waals surface area contributed by atoms with Crippen molar-refractivity contribution >= 4 is 5.90 Å². The van der Waals surface area contributed by atoms with E-state index in [0.29, 0.717) is 17.1 Å². The Morgan fingerprint density at radius 1 is 1.14 bits per heavy atom. The largest absolute Gasteiger partial charge is 0.493 e. The van der Waals surface area contributed by atoms with E-state index in [2.05, 4.69) is 0 Å². The van der Waals surface area contributed by atoms with Gasteiger partial charge in [-0.2, -0.15) is 0 Å². The Morgan fingerprint density at radius 2 is 1.86 bits per heavy atom. The molecule has 4 heteroatoms. The highest BCUT2D eigenvalue weighted by Crippen LogP contribution is 2.30. The molecule has 0 saturated carbocycles. The molecule has 1 aromatic rings. The topological polar surface area (TPSA) is 51.5 Å². The van der Waals surface area contributed by atoms with Gasteiger partial charge in [-0.3, -0.25) is 5.41 Å². The van der Waals surface area contributed by atoms with E-state index in [4.69, 9.17) is 19.6 Å². The molecule has 0 fully saturated rings. The van der Waals surface area contributed by atoms with E-state index in [1.54, 1.807) is 25.3 Å². The lowest BCUT2D eigenvalue weighted by atomic mass is 10.2. The summed E-state index contributed by atoms with van der Waals surface area (Å²) < 4.78 is 15.1. The first-order chi connectivity index (χ1) is 6.74. The van der Waals surface area contributed by atoms with Crippen molar-refractivity contribution in [2.75, 3.05) is 21.3 Å². The Balaban J connectivity index is 3.21. The first-order valence-corrected chi connectivity index (χ1v) is 4.08. The number of nitrogens with one attached hydrogen (secondary N) is 1. The smallest absolute Gasteiger partial charge is 0.216 e. The van der Waals surface area contributed by atoms with Crippen molar-refractivity contribution in [2.24, 2.45) is 0 Å². The summed E-state index contributed by atoms with van der Waals surface area (Å²) in [7, 11) is 4.53. The van der Waals surface area contributed by atoms with Gasteiger partial charge in [0, 0.05) is 0 Å². The normalized spacial score (nSPS) is 9.36. The molecule has 1 aromatic carbocycles. The van der Waals surface area contributed by atoms with Gasteiger partial charge in [0.15, 0.2) is 11.5 Å². The summed E-state index contributed by atoms with van der Waals surface area (Å²) in [5, 5.41) is 7.54. The van der Waals surface area contributed by atoms with Crippen molar-refractivity contribution in [1.29, 1.82) is 5.41 Å². The fraction of sp³-hybridized carbons (Fsp3) is 0.300. The van der Waals surface area contributed by atoms with Crippen LogP contribution >= 0.6 is 0 Å². The van der Waals surface area contributed by atoms with Crippen LogP contribution in [0, 0.1) is 5.41 Å². The van der Waals surface area contributed by atoms with Gasteiger partial charge in [0.05, 0.1) is 26.9 Å². The average Bonchev–Trinajstić information content (AvgIpc) is 2.26. The third-order valence-corrected chi connectivity index (χ3v) is 1.85. The molecular weight excluding hydrogens is 182 g/mol. The number of hydrogen-bond donors (Lipinski definition) is 1. The van der Waals surface area contributed by atoms with Gasteiger partial charge >= 0.3 is 0 Å². The first-order valence-electron chi connectivity index (χ1n) is 4.08. The zero-order chi connectivity index (χ0) is 10.6. The van der Waals surface area contributed by atoms with E-state index in [9.17, 15) is 0 Å². The van der Waals surface area contributed by atoms with Crippen molar-refractivity contribution < 1.29 is 14.2 Å². The molecule has 0 radical (unpaired) electrons. The van der Waals surface area contributed by atoms with Crippen LogP contribution in [0.15, 0.2) is 18.2 Å². The van der Waals surface area contributed by atoms with Crippen molar-refractivity contribution in [3.63, 3.8) is 0 Å². The summed E-state index contributed by atoms with van der Waals surface area (Å²) in [5.74, 6) is 1.16. The number of hydrogen-bond acceptors (Lipinski definition) is 4. The molecule has 0 spiro atoms. The molecule has 4 nitrogen and oxygen atoms in total. The zero-order valence-corrected chi connectivity index (χ0v) is 8.46. The second-order valence-corrected chi connectivity index (χ2v) is 2.57. The summed E-state index contributed by atoms with van der Waals surface area (Å²) >= 11 is 0. The maximum absolute atomic E-state index is 7.54. The Bertz CT molecular complexity index is 336. The van der Waals surface area contributed by atoms with E-state index >= 15 is 0 Å². The van der Waals surface area contributed by atoms with Crippen molar-refractivity contribution in [3.8, 4) is 11.5 Å². The van der Waals surface area contributed by atoms with Gasteiger partial charge < -0.3 is 14.2 Å². The number of ether oxygens (including phenoxy) is 3.